The molecule has 7 nitrogen and oxygen atoms in total. The van der Waals surface area contributed by atoms with Crippen LogP contribution in [-0.4, -0.2) is 42.8 Å². The molecule has 0 spiro atoms. The van der Waals surface area contributed by atoms with E-state index in [9.17, 15) is 9.59 Å². The van der Waals surface area contributed by atoms with E-state index in [1.165, 1.54) is 0 Å². The first-order valence-electron chi connectivity index (χ1n) is 6.89. The highest BCUT2D eigenvalue weighted by Crippen LogP contribution is 2.35. The van der Waals surface area contributed by atoms with E-state index in [2.05, 4.69) is 10.6 Å². The van der Waals surface area contributed by atoms with Crippen molar-refractivity contribution in [2.24, 2.45) is 0 Å². The largest absolute Gasteiger partial charge is 0.454 e. The van der Waals surface area contributed by atoms with Crippen molar-refractivity contribution in [2.45, 2.75) is 19.5 Å². The summed E-state index contributed by atoms with van der Waals surface area (Å²) in [4.78, 5) is 25.3. The van der Waals surface area contributed by atoms with Gasteiger partial charge in [0.25, 0.3) is 0 Å². The lowest BCUT2D eigenvalue weighted by Gasteiger charge is -2.24. The molecule has 0 saturated carbocycles. The first kappa shape index (κ1) is 13.5. The van der Waals surface area contributed by atoms with Crippen molar-refractivity contribution >= 4 is 11.9 Å². The minimum absolute atomic E-state index is 0.104. The summed E-state index contributed by atoms with van der Waals surface area (Å²) in [6, 6.07) is 4.81. The van der Waals surface area contributed by atoms with E-state index in [0.717, 1.165) is 5.56 Å². The van der Waals surface area contributed by atoms with Crippen LogP contribution in [0.2, 0.25) is 0 Å². The Labute approximate surface area is 122 Å². The van der Waals surface area contributed by atoms with E-state index in [1.54, 1.807) is 4.90 Å². The molecule has 1 aromatic carbocycles. The third kappa shape index (κ3) is 2.58. The van der Waals surface area contributed by atoms with E-state index in [0.29, 0.717) is 31.1 Å². The molecule has 1 saturated heterocycles. The summed E-state index contributed by atoms with van der Waals surface area (Å²) >= 11 is 0. The summed E-state index contributed by atoms with van der Waals surface area (Å²) in [6.07, 6.45) is 0. The minimum Gasteiger partial charge on any atom is -0.454 e. The fraction of sp³-hybridized carbons (Fsp3) is 0.429. The van der Waals surface area contributed by atoms with Crippen LogP contribution in [0.5, 0.6) is 11.5 Å². The van der Waals surface area contributed by atoms with Crippen molar-refractivity contribution in [3.63, 3.8) is 0 Å². The Bertz CT molecular complexity index is 575. The number of urea groups is 1. The smallest absolute Gasteiger partial charge is 0.315 e. The maximum Gasteiger partial charge on any atom is 0.315 e. The number of carbonyl (C=O) groups excluding carboxylic acids is 2. The van der Waals surface area contributed by atoms with Gasteiger partial charge in [0.05, 0.1) is 0 Å². The Morgan fingerprint density at radius 3 is 3.00 bits per heavy atom. The predicted octanol–water partition coefficient (Wildman–Crippen LogP) is 0.445. The summed E-state index contributed by atoms with van der Waals surface area (Å²) in [5, 5.41) is 5.20. The van der Waals surface area contributed by atoms with Crippen LogP contribution in [-0.2, 0) is 11.3 Å². The molecule has 1 atom stereocenters. The van der Waals surface area contributed by atoms with Gasteiger partial charge in [0.1, 0.15) is 6.04 Å². The normalized spacial score (nSPS) is 19.1. The third-order valence-electron chi connectivity index (χ3n) is 3.60. The van der Waals surface area contributed by atoms with Crippen LogP contribution in [0.3, 0.4) is 0 Å². The molecule has 0 aliphatic carbocycles. The molecule has 3 rings (SSSR count). The Morgan fingerprint density at radius 1 is 1.43 bits per heavy atom. The lowest BCUT2D eigenvalue weighted by atomic mass is 10.1. The van der Waals surface area contributed by atoms with Gasteiger partial charge >= 0.3 is 6.03 Å². The molecule has 0 aromatic heterocycles. The quantitative estimate of drug-likeness (QED) is 0.844. The number of benzene rings is 1. The fourth-order valence-electron chi connectivity index (χ4n) is 2.49. The molecule has 2 N–H and O–H groups in total. The average Bonchev–Trinajstić information content (AvgIpc) is 3.12. The highest BCUT2D eigenvalue weighted by Gasteiger charge is 2.30. The predicted molar refractivity (Wildman–Crippen MR) is 74.0 cm³/mol. The molecule has 1 fully saturated rings. The van der Waals surface area contributed by atoms with E-state index in [1.807, 2.05) is 25.1 Å². The van der Waals surface area contributed by atoms with Crippen LogP contribution in [0.15, 0.2) is 18.2 Å². The van der Waals surface area contributed by atoms with Crippen LogP contribution >= 0.6 is 0 Å². The van der Waals surface area contributed by atoms with Gasteiger partial charge < -0.3 is 25.0 Å². The molecule has 0 radical (unpaired) electrons. The highest BCUT2D eigenvalue weighted by atomic mass is 16.7. The van der Waals surface area contributed by atoms with Gasteiger partial charge in [-0.1, -0.05) is 12.1 Å². The molecule has 21 heavy (non-hydrogen) atoms. The van der Waals surface area contributed by atoms with Crippen LogP contribution in [0.4, 0.5) is 4.79 Å². The highest BCUT2D eigenvalue weighted by molar-refractivity contribution is 5.90. The fourth-order valence-corrected chi connectivity index (χ4v) is 2.49. The van der Waals surface area contributed by atoms with E-state index in [-0.39, 0.29) is 18.7 Å². The molecule has 2 heterocycles. The summed E-state index contributed by atoms with van der Waals surface area (Å²) in [5.41, 5.74) is 0.900. The van der Waals surface area contributed by atoms with Gasteiger partial charge in [-0.15, -0.1) is 0 Å². The van der Waals surface area contributed by atoms with Crippen molar-refractivity contribution in [1.82, 2.24) is 15.5 Å². The molecular formula is C14H17N3O4. The number of carbonyl (C=O) groups is 2. The number of ether oxygens (including phenoxy) is 2. The molecule has 1 aromatic rings. The Hall–Kier alpha value is -2.44. The van der Waals surface area contributed by atoms with Crippen LogP contribution in [0, 0.1) is 0 Å². The average molecular weight is 291 g/mol. The summed E-state index contributed by atoms with van der Waals surface area (Å²) in [6.45, 7) is 3.41. The second-order valence-electron chi connectivity index (χ2n) is 4.91. The Balaban J connectivity index is 1.74. The maximum absolute atomic E-state index is 12.4. The number of amides is 3. The monoisotopic (exact) mass is 291 g/mol. The van der Waals surface area contributed by atoms with E-state index >= 15 is 0 Å². The van der Waals surface area contributed by atoms with Gasteiger partial charge in [-0.05, 0) is 13.0 Å². The van der Waals surface area contributed by atoms with Gasteiger partial charge in [0.2, 0.25) is 12.7 Å². The zero-order chi connectivity index (χ0) is 14.8. The Morgan fingerprint density at radius 2 is 2.29 bits per heavy atom. The van der Waals surface area contributed by atoms with Gasteiger partial charge in [0, 0.05) is 25.2 Å². The number of nitrogens with one attached hydrogen (secondary N) is 2. The second kappa shape index (κ2) is 5.51. The standard InChI is InChI=1S/C14H17N3O4/c1-2-17(13(18)10-6-15-14(19)16-10)7-9-4-3-5-11-12(9)21-8-20-11/h3-5,10H,2,6-8H2,1H3,(H2,15,16,19). The number of hydrogen-bond acceptors (Lipinski definition) is 4. The van der Waals surface area contributed by atoms with Crippen molar-refractivity contribution in [1.29, 1.82) is 0 Å². The van der Waals surface area contributed by atoms with Crippen LogP contribution < -0.4 is 20.1 Å². The molecule has 7 heteroatoms. The number of hydrogen-bond donors (Lipinski definition) is 2. The molecule has 3 amide bonds. The third-order valence-corrected chi connectivity index (χ3v) is 3.60. The lowest BCUT2D eigenvalue weighted by Crippen LogP contribution is -2.45. The number of nitrogens with zero attached hydrogens (tertiary/aromatic N) is 1. The van der Waals surface area contributed by atoms with Crippen molar-refractivity contribution in [2.75, 3.05) is 19.9 Å². The second-order valence-corrected chi connectivity index (χ2v) is 4.91. The molecular weight excluding hydrogens is 274 g/mol. The first-order valence-corrected chi connectivity index (χ1v) is 6.89. The van der Waals surface area contributed by atoms with Gasteiger partial charge in [0.15, 0.2) is 11.5 Å². The molecule has 112 valence electrons. The zero-order valence-corrected chi connectivity index (χ0v) is 11.7. The van der Waals surface area contributed by atoms with E-state index in [4.69, 9.17) is 9.47 Å². The number of rotatable bonds is 4. The number of fused-ring (bicyclic) bond motifs is 1. The maximum atomic E-state index is 12.4. The summed E-state index contributed by atoms with van der Waals surface area (Å²) in [5.74, 6) is 1.29. The summed E-state index contributed by atoms with van der Waals surface area (Å²) < 4.78 is 10.8. The topological polar surface area (TPSA) is 79.9 Å². The summed E-state index contributed by atoms with van der Waals surface area (Å²) in [7, 11) is 0. The minimum atomic E-state index is -0.508. The number of likely N-dealkylation sites (N-methyl/N-ethyl adjacent to an activating group) is 1. The van der Waals surface area contributed by atoms with Gasteiger partial charge in [-0.25, -0.2) is 4.79 Å². The first-order chi connectivity index (χ1) is 10.2. The Kier molecular flexibility index (Phi) is 3.55. The lowest BCUT2D eigenvalue weighted by molar-refractivity contribution is -0.133. The van der Waals surface area contributed by atoms with Crippen LogP contribution in [0.1, 0.15) is 12.5 Å². The molecule has 0 bridgehead atoms. The van der Waals surface area contributed by atoms with Crippen LogP contribution in [0.25, 0.3) is 0 Å². The van der Waals surface area contributed by atoms with Gasteiger partial charge in [-0.2, -0.15) is 0 Å². The van der Waals surface area contributed by atoms with Crippen molar-refractivity contribution in [3.05, 3.63) is 23.8 Å². The SMILES string of the molecule is CCN(Cc1cccc2c1OCO2)C(=O)C1CNC(=O)N1. The van der Waals surface area contributed by atoms with E-state index < -0.39 is 6.04 Å². The molecule has 2 aliphatic heterocycles. The van der Waals surface area contributed by atoms with Gasteiger partial charge in [-0.3, -0.25) is 4.79 Å². The molecule has 2 aliphatic rings. The number of para-hydroxylation sites is 1. The van der Waals surface area contributed by atoms with Crippen molar-refractivity contribution < 1.29 is 19.1 Å². The zero-order valence-electron chi connectivity index (χ0n) is 11.7. The van der Waals surface area contributed by atoms with Crippen molar-refractivity contribution in [3.8, 4) is 11.5 Å². The molecule has 1 unspecified atom stereocenters.